The Bertz CT molecular complexity index is 984. The van der Waals surface area contributed by atoms with E-state index in [9.17, 15) is 4.79 Å². The van der Waals surface area contributed by atoms with Crippen LogP contribution in [0.3, 0.4) is 0 Å². The van der Waals surface area contributed by atoms with Crippen LogP contribution in [0, 0.1) is 23.7 Å². The Balaban J connectivity index is 2.46. The first-order valence-corrected chi connectivity index (χ1v) is 6.73. The zero-order chi connectivity index (χ0) is 15.7. The van der Waals surface area contributed by atoms with Gasteiger partial charge in [-0.05, 0) is 6.92 Å². The van der Waals surface area contributed by atoms with Crippen LogP contribution in [0.15, 0.2) is 41.3 Å². The molecule has 5 nitrogen and oxygen atoms in total. The van der Waals surface area contributed by atoms with Gasteiger partial charge in [0, 0.05) is 17.7 Å². The molecule has 1 unspecified atom stereocenters. The van der Waals surface area contributed by atoms with E-state index in [0.29, 0.717) is 22.5 Å². The van der Waals surface area contributed by atoms with Gasteiger partial charge in [0.15, 0.2) is 5.65 Å². The van der Waals surface area contributed by atoms with E-state index < -0.39 is 0 Å². The van der Waals surface area contributed by atoms with E-state index in [1.54, 1.807) is 6.92 Å². The minimum Gasteiger partial charge on any atom is -0.295 e. The molecule has 0 saturated heterocycles. The number of terminal acetylenes is 1. The summed E-state index contributed by atoms with van der Waals surface area (Å²) in [4.78, 5) is 17.3. The summed E-state index contributed by atoms with van der Waals surface area (Å²) in [5, 5.41) is 11.9. The van der Waals surface area contributed by atoms with Crippen LogP contribution < -0.4 is 5.56 Å². The lowest BCUT2D eigenvalue weighted by molar-refractivity contribution is 0.849. The number of hydrogen-bond donors (Lipinski definition) is 1. The van der Waals surface area contributed by atoms with Crippen LogP contribution in [0.1, 0.15) is 24.0 Å². The van der Waals surface area contributed by atoms with Gasteiger partial charge in [0.2, 0.25) is 0 Å². The molecule has 2 aromatic heterocycles. The highest BCUT2D eigenvalue weighted by Crippen LogP contribution is 2.25. The Morgan fingerprint density at radius 3 is 2.73 bits per heavy atom. The topological polar surface area (TPSA) is 73.9 Å². The van der Waals surface area contributed by atoms with Gasteiger partial charge in [-0.1, -0.05) is 36.3 Å². The van der Waals surface area contributed by atoms with E-state index in [1.165, 1.54) is 10.7 Å². The lowest BCUT2D eigenvalue weighted by Crippen LogP contribution is -2.23. The highest BCUT2D eigenvalue weighted by Gasteiger charge is 2.20. The van der Waals surface area contributed by atoms with Crippen molar-refractivity contribution in [1.29, 1.82) is 5.26 Å². The normalized spacial score (nSPS) is 11.8. The molecule has 0 radical (unpaired) electrons. The maximum absolute atomic E-state index is 12.7. The van der Waals surface area contributed by atoms with Crippen molar-refractivity contribution in [3.8, 4) is 29.7 Å². The van der Waals surface area contributed by atoms with Crippen molar-refractivity contribution in [3.05, 3.63) is 58.0 Å². The van der Waals surface area contributed by atoms with Crippen LogP contribution in [0.2, 0.25) is 0 Å². The van der Waals surface area contributed by atoms with Crippen LogP contribution in [0.5, 0.6) is 0 Å². The molecule has 1 atom stereocenters. The van der Waals surface area contributed by atoms with Gasteiger partial charge in [0.1, 0.15) is 11.6 Å². The summed E-state index contributed by atoms with van der Waals surface area (Å²) in [5.41, 5.74) is 2.10. The standard InChI is InChI=1S/C17H12N4O/c1-3-11(2)14-15(12-7-5-4-6-8-12)20-16-13(9-18)10-19-21(16)17(14)22/h1,4-8,10-11,19H,2H3. The molecule has 3 rings (SSSR count). The average Bonchev–Trinajstić information content (AvgIpc) is 2.98. The minimum absolute atomic E-state index is 0.282. The van der Waals surface area contributed by atoms with Crippen LogP contribution in [-0.4, -0.2) is 14.6 Å². The molecule has 0 bridgehead atoms. The molecule has 0 fully saturated rings. The highest BCUT2D eigenvalue weighted by atomic mass is 16.1. The number of nitrogens with zero attached hydrogens (tertiary/aromatic N) is 3. The lowest BCUT2D eigenvalue weighted by atomic mass is 9.97. The van der Waals surface area contributed by atoms with E-state index in [0.717, 1.165) is 5.56 Å². The molecule has 106 valence electrons. The second-order valence-electron chi connectivity index (χ2n) is 4.89. The van der Waals surface area contributed by atoms with E-state index in [-0.39, 0.29) is 11.5 Å². The van der Waals surface area contributed by atoms with Crippen LogP contribution in [0.25, 0.3) is 16.9 Å². The maximum Gasteiger partial charge on any atom is 0.277 e. The number of nitriles is 1. The fourth-order valence-electron chi connectivity index (χ4n) is 2.40. The van der Waals surface area contributed by atoms with E-state index >= 15 is 0 Å². The molecule has 0 aliphatic rings. The number of rotatable bonds is 2. The summed E-state index contributed by atoms with van der Waals surface area (Å²) in [5.74, 6) is 2.20. The van der Waals surface area contributed by atoms with Gasteiger partial charge >= 0.3 is 0 Å². The molecule has 0 aliphatic heterocycles. The number of nitrogens with one attached hydrogen (secondary N) is 1. The molecule has 2 heterocycles. The summed E-state index contributed by atoms with van der Waals surface area (Å²) in [6, 6.07) is 11.4. The first kappa shape index (κ1) is 13.7. The number of hydrogen-bond acceptors (Lipinski definition) is 3. The summed E-state index contributed by atoms with van der Waals surface area (Å²) < 4.78 is 1.26. The van der Waals surface area contributed by atoms with Crippen molar-refractivity contribution in [2.45, 2.75) is 12.8 Å². The predicted molar refractivity (Wildman–Crippen MR) is 83.2 cm³/mol. The number of aromatic nitrogens is 3. The lowest BCUT2D eigenvalue weighted by Gasteiger charge is -2.11. The van der Waals surface area contributed by atoms with Gasteiger partial charge < -0.3 is 0 Å². The summed E-state index contributed by atoms with van der Waals surface area (Å²) in [7, 11) is 0. The molecule has 22 heavy (non-hydrogen) atoms. The summed E-state index contributed by atoms with van der Waals surface area (Å²) in [6.45, 7) is 1.78. The van der Waals surface area contributed by atoms with Crippen molar-refractivity contribution >= 4 is 5.65 Å². The van der Waals surface area contributed by atoms with Crippen LogP contribution in [-0.2, 0) is 0 Å². The smallest absolute Gasteiger partial charge is 0.277 e. The quantitative estimate of drug-likeness (QED) is 0.735. The molecule has 0 amide bonds. The van der Waals surface area contributed by atoms with Crippen molar-refractivity contribution < 1.29 is 0 Å². The van der Waals surface area contributed by atoms with Gasteiger partial charge in [-0.3, -0.25) is 9.89 Å². The first-order valence-electron chi connectivity index (χ1n) is 6.73. The van der Waals surface area contributed by atoms with E-state index in [2.05, 4.69) is 16.0 Å². The zero-order valence-electron chi connectivity index (χ0n) is 11.9. The van der Waals surface area contributed by atoms with E-state index in [1.807, 2.05) is 36.4 Å². The van der Waals surface area contributed by atoms with Crippen molar-refractivity contribution in [3.63, 3.8) is 0 Å². The molecular formula is C17H12N4O. The Hall–Kier alpha value is -3.31. The average molecular weight is 288 g/mol. The van der Waals surface area contributed by atoms with E-state index in [4.69, 9.17) is 11.7 Å². The molecule has 5 heteroatoms. The maximum atomic E-state index is 12.7. The summed E-state index contributed by atoms with van der Waals surface area (Å²) in [6.07, 6.45) is 6.97. The number of H-pyrrole nitrogens is 1. The third-order valence-electron chi connectivity index (χ3n) is 3.55. The fourth-order valence-corrected chi connectivity index (χ4v) is 2.40. The Labute approximate surface area is 126 Å². The largest absolute Gasteiger partial charge is 0.295 e. The summed E-state index contributed by atoms with van der Waals surface area (Å²) >= 11 is 0. The molecule has 0 saturated carbocycles. The van der Waals surface area contributed by atoms with Gasteiger partial charge in [-0.25, -0.2) is 4.98 Å². The Morgan fingerprint density at radius 2 is 2.09 bits per heavy atom. The number of aromatic amines is 1. The third kappa shape index (κ3) is 1.97. The Kier molecular flexibility index (Phi) is 3.25. The third-order valence-corrected chi connectivity index (χ3v) is 3.55. The fraction of sp³-hybridized carbons (Fsp3) is 0.118. The number of fused-ring (bicyclic) bond motifs is 1. The molecule has 1 N–H and O–H groups in total. The predicted octanol–water partition coefficient (Wildman–Crippen LogP) is 2.30. The molecule has 0 spiro atoms. The monoisotopic (exact) mass is 288 g/mol. The molecule has 3 aromatic rings. The van der Waals surface area contributed by atoms with Crippen LogP contribution in [0.4, 0.5) is 0 Å². The van der Waals surface area contributed by atoms with Crippen molar-refractivity contribution in [2.75, 3.05) is 0 Å². The number of benzene rings is 1. The van der Waals surface area contributed by atoms with Crippen LogP contribution >= 0.6 is 0 Å². The Morgan fingerprint density at radius 1 is 1.36 bits per heavy atom. The minimum atomic E-state index is -0.388. The van der Waals surface area contributed by atoms with Crippen molar-refractivity contribution in [2.24, 2.45) is 0 Å². The van der Waals surface area contributed by atoms with Gasteiger partial charge in [-0.2, -0.15) is 9.78 Å². The SMILES string of the molecule is C#CC(C)c1c(-c2ccccc2)nc2c(C#N)c[nH]n2c1=O. The highest BCUT2D eigenvalue weighted by molar-refractivity contribution is 5.68. The van der Waals surface area contributed by atoms with Crippen molar-refractivity contribution in [1.82, 2.24) is 14.6 Å². The second kappa shape index (κ2) is 5.23. The molecule has 1 aromatic carbocycles. The first-order chi connectivity index (χ1) is 10.7. The zero-order valence-corrected chi connectivity index (χ0v) is 11.9. The van der Waals surface area contributed by atoms with Gasteiger partial charge in [0.05, 0.1) is 11.3 Å². The second-order valence-corrected chi connectivity index (χ2v) is 4.89. The molecule has 0 aliphatic carbocycles. The van der Waals surface area contributed by atoms with Gasteiger partial charge in [0.25, 0.3) is 5.56 Å². The van der Waals surface area contributed by atoms with Gasteiger partial charge in [-0.15, -0.1) is 6.42 Å². The molecular weight excluding hydrogens is 276 g/mol.